The van der Waals surface area contributed by atoms with Crippen molar-refractivity contribution in [2.75, 3.05) is 0 Å². The summed E-state index contributed by atoms with van der Waals surface area (Å²) in [5, 5.41) is 0. The average Bonchev–Trinajstić information content (AvgIpc) is 2.11. The van der Waals surface area contributed by atoms with Gasteiger partial charge in [0.2, 0.25) is 0 Å². The molecule has 0 amide bonds. The van der Waals surface area contributed by atoms with Gasteiger partial charge in [-0.3, -0.25) is 4.79 Å². The summed E-state index contributed by atoms with van der Waals surface area (Å²) in [6, 6.07) is 4.69. The summed E-state index contributed by atoms with van der Waals surface area (Å²) in [5.41, 5.74) is 0.901. The fourth-order valence-corrected chi connectivity index (χ4v) is 1.37. The third kappa shape index (κ3) is 2.49. The number of halogens is 2. The predicted octanol–water partition coefficient (Wildman–Crippen LogP) is 3.19. The molecule has 0 fully saturated rings. The number of hydrogen-bond donors (Lipinski definition) is 0. The number of benzene rings is 1. The highest BCUT2D eigenvalue weighted by Crippen LogP contribution is 2.21. The smallest absolute Gasteiger partial charge is 0.145 e. The van der Waals surface area contributed by atoms with Gasteiger partial charge in [0.15, 0.2) is 0 Å². The van der Waals surface area contributed by atoms with E-state index in [0.29, 0.717) is 21.9 Å². The van der Waals surface area contributed by atoms with Crippen molar-refractivity contribution in [1.82, 2.24) is 0 Å². The Morgan fingerprint density at radius 2 is 2.23 bits per heavy atom. The lowest BCUT2D eigenvalue weighted by Crippen LogP contribution is -1.85. The zero-order valence-electron chi connectivity index (χ0n) is 7.05. The van der Waals surface area contributed by atoms with Crippen molar-refractivity contribution in [3.05, 3.63) is 39.6 Å². The average molecular weight is 243 g/mol. The lowest BCUT2D eigenvalue weighted by molar-refractivity contribution is -0.104. The Labute approximate surface area is 84.4 Å². The number of rotatable bonds is 2. The van der Waals surface area contributed by atoms with Crippen molar-refractivity contribution in [1.29, 1.82) is 0 Å². The van der Waals surface area contributed by atoms with E-state index in [4.69, 9.17) is 0 Å². The van der Waals surface area contributed by atoms with Crippen LogP contribution in [0.5, 0.6) is 0 Å². The van der Waals surface area contributed by atoms with E-state index in [1.54, 1.807) is 19.1 Å². The molecule has 0 unspecified atom stereocenters. The molecule has 0 aromatic heterocycles. The summed E-state index contributed by atoms with van der Waals surface area (Å²) < 4.78 is 13.8. The van der Waals surface area contributed by atoms with Gasteiger partial charge in [0.25, 0.3) is 0 Å². The second-order valence-corrected chi connectivity index (χ2v) is 3.50. The minimum atomic E-state index is -0.337. The molecule has 1 nitrogen and oxygen atoms in total. The minimum absolute atomic E-state index is 0.337. The van der Waals surface area contributed by atoms with E-state index in [0.717, 1.165) is 0 Å². The Balaban J connectivity index is 3.21. The maximum atomic E-state index is 13.2. The van der Waals surface area contributed by atoms with E-state index < -0.39 is 0 Å². The number of carbonyl (C=O) groups is 1. The van der Waals surface area contributed by atoms with Crippen molar-refractivity contribution in [2.45, 2.75) is 6.92 Å². The molecule has 0 heterocycles. The van der Waals surface area contributed by atoms with E-state index in [9.17, 15) is 9.18 Å². The van der Waals surface area contributed by atoms with Gasteiger partial charge in [-0.1, -0.05) is 22.0 Å². The van der Waals surface area contributed by atoms with Crippen molar-refractivity contribution in [2.24, 2.45) is 0 Å². The van der Waals surface area contributed by atoms with Gasteiger partial charge in [0.1, 0.15) is 12.1 Å². The molecular formula is C10H8BrFO. The first-order valence-electron chi connectivity index (χ1n) is 3.72. The van der Waals surface area contributed by atoms with Gasteiger partial charge < -0.3 is 0 Å². The van der Waals surface area contributed by atoms with E-state index in [2.05, 4.69) is 15.9 Å². The largest absolute Gasteiger partial charge is 0.298 e. The van der Waals surface area contributed by atoms with Crippen LogP contribution in [0.3, 0.4) is 0 Å². The van der Waals surface area contributed by atoms with Crippen LogP contribution in [-0.2, 0) is 4.79 Å². The van der Waals surface area contributed by atoms with Crippen molar-refractivity contribution < 1.29 is 9.18 Å². The second-order valence-electron chi connectivity index (χ2n) is 2.64. The fraction of sp³-hybridized carbons (Fsp3) is 0.100. The van der Waals surface area contributed by atoms with Gasteiger partial charge in [-0.15, -0.1) is 0 Å². The molecule has 0 aliphatic heterocycles. The third-order valence-electron chi connectivity index (χ3n) is 1.56. The lowest BCUT2D eigenvalue weighted by Gasteiger charge is -1.99. The molecule has 3 heteroatoms. The second kappa shape index (κ2) is 4.33. The van der Waals surface area contributed by atoms with Crippen LogP contribution in [0.25, 0.3) is 6.08 Å². The first kappa shape index (κ1) is 10.1. The fourth-order valence-electron chi connectivity index (χ4n) is 0.910. The molecule has 0 bridgehead atoms. The number of carbonyl (C=O) groups excluding carboxylic acids is 1. The Morgan fingerprint density at radius 1 is 1.54 bits per heavy atom. The highest BCUT2D eigenvalue weighted by molar-refractivity contribution is 9.10. The first-order chi connectivity index (χ1) is 6.15. The van der Waals surface area contributed by atoms with Crippen LogP contribution in [0.4, 0.5) is 4.39 Å². The molecule has 1 rings (SSSR count). The first-order valence-corrected chi connectivity index (χ1v) is 4.52. The van der Waals surface area contributed by atoms with Gasteiger partial charge in [-0.05, 0) is 30.7 Å². The van der Waals surface area contributed by atoms with Gasteiger partial charge in [-0.2, -0.15) is 0 Å². The van der Waals surface area contributed by atoms with Gasteiger partial charge in [0, 0.05) is 10.0 Å². The molecule has 68 valence electrons. The Hall–Kier alpha value is -0.960. The Morgan fingerprint density at radius 3 is 2.77 bits per heavy atom. The summed E-state index contributed by atoms with van der Waals surface area (Å²) in [4.78, 5) is 10.3. The molecule has 0 atom stereocenters. The van der Waals surface area contributed by atoms with E-state index in [1.807, 2.05) is 0 Å². The van der Waals surface area contributed by atoms with Crippen LogP contribution in [-0.4, -0.2) is 6.29 Å². The molecule has 0 N–H and O–H groups in total. The zero-order valence-corrected chi connectivity index (χ0v) is 8.64. The minimum Gasteiger partial charge on any atom is -0.298 e. The van der Waals surface area contributed by atoms with Crippen molar-refractivity contribution >= 4 is 28.3 Å². The quantitative estimate of drug-likeness (QED) is 0.575. The molecule has 0 aliphatic rings. The monoisotopic (exact) mass is 242 g/mol. The maximum Gasteiger partial charge on any atom is 0.145 e. The molecule has 0 spiro atoms. The summed E-state index contributed by atoms with van der Waals surface area (Å²) in [7, 11) is 0. The lowest BCUT2D eigenvalue weighted by atomic mass is 10.1. The van der Waals surface area contributed by atoms with E-state index in [-0.39, 0.29) is 5.82 Å². The molecule has 0 aliphatic carbocycles. The van der Waals surface area contributed by atoms with E-state index >= 15 is 0 Å². The number of allylic oxidation sites excluding steroid dienone is 1. The predicted molar refractivity (Wildman–Crippen MR) is 53.8 cm³/mol. The molecule has 0 saturated heterocycles. The number of aldehydes is 1. The summed E-state index contributed by atoms with van der Waals surface area (Å²) in [6.07, 6.45) is 2.20. The summed E-state index contributed by atoms with van der Waals surface area (Å²) >= 11 is 3.20. The molecule has 0 saturated carbocycles. The highest BCUT2D eigenvalue weighted by Gasteiger charge is 2.02. The summed E-state index contributed by atoms with van der Waals surface area (Å²) in [5.74, 6) is -0.337. The molecule has 1 aromatic carbocycles. The normalized spacial score (nSPS) is 11.5. The highest BCUT2D eigenvalue weighted by atomic mass is 79.9. The van der Waals surface area contributed by atoms with Gasteiger partial charge in [-0.25, -0.2) is 4.39 Å². The molecule has 1 aromatic rings. The van der Waals surface area contributed by atoms with Crippen molar-refractivity contribution in [3.63, 3.8) is 0 Å². The molecular weight excluding hydrogens is 235 g/mol. The van der Waals surface area contributed by atoms with Crippen LogP contribution in [0.2, 0.25) is 0 Å². The zero-order chi connectivity index (χ0) is 9.84. The molecule has 13 heavy (non-hydrogen) atoms. The van der Waals surface area contributed by atoms with Crippen LogP contribution in [0, 0.1) is 5.82 Å². The number of hydrogen-bond acceptors (Lipinski definition) is 1. The Kier molecular flexibility index (Phi) is 3.37. The standard InChI is InChI=1S/C10H8BrFO/c1-7(6-13)5-8-9(11)3-2-4-10(8)12/h2-6H,1H3/b7-5-. The van der Waals surface area contributed by atoms with Crippen molar-refractivity contribution in [3.8, 4) is 0 Å². The Bertz CT molecular complexity index is 338. The van der Waals surface area contributed by atoms with E-state index in [1.165, 1.54) is 12.1 Å². The maximum absolute atomic E-state index is 13.2. The van der Waals surface area contributed by atoms with Crippen LogP contribution >= 0.6 is 15.9 Å². The third-order valence-corrected chi connectivity index (χ3v) is 2.25. The van der Waals surface area contributed by atoms with Crippen LogP contribution in [0.15, 0.2) is 28.2 Å². The van der Waals surface area contributed by atoms with Gasteiger partial charge in [0.05, 0.1) is 0 Å². The SMILES string of the molecule is C/C(C=O)=C/c1c(F)cccc1Br. The molecule has 0 radical (unpaired) electrons. The summed E-state index contributed by atoms with van der Waals surface area (Å²) in [6.45, 7) is 1.63. The van der Waals surface area contributed by atoms with Crippen LogP contribution in [0.1, 0.15) is 12.5 Å². The van der Waals surface area contributed by atoms with Crippen LogP contribution < -0.4 is 0 Å². The topological polar surface area (TPSA) is 17.1 Å². The van der Waals surface area contributed by atoms with Gasteiger partial charge >= 0.3 is 0 Å².